The third kappa shape index (κ3) is 3.42. The van der Waals surface area contributed by atoms with E-state index in [1.165, 1.54) is 5.56 Å². The normalized spacial score (nSPS) is 12.6. The van der Waals surface area contributed by atoms with Gasteiger partial charge < -0.3 is 4.57 Å². The van der Waals surface area contributed by atoms with Crippen LogP contribution in [-0.2, 0) is 19.9 Å². The summed E-state index contributed by atoms with van der Waals surface area (Å²) in [5, 5.41) is 0. The summed E-state index contributed by atoms with van der Waals surface area (Å²) < 4.78 is 2.05. The molecular formula is C14H20N4. The van der Waals surface area contributed by atoms with E-state index in [9.17, 15) is 0 Å². The molecular weight excluding hydrogens is 224 g/mol. The lowest BCUT2D eigenvalue weighted by Gasteiger charge is -2.15. The number of hydrogen-bond donors (Lipinski definition) is 2. The molecule has 0 spiro atoms. The molecule has 0 saturated carbocycles. The Kier molecular flexibility index (Phi) is 4.50. The molecule has 18 heavy (non-hydrogen) atoms. The van der Waals surface area contributed by atoms with Gasteiger partial charge in [0.25, 0.3) is 0 Å². The van der Waals surface area contributed by atoms with E-state index in [0.29, 0.717) is 0 Å². The minimum Gasteiger partial charge on any atom is -0.338 e. The van der Waals surface area contributed by atoms with Crippen LogP contribution in [0.2, 0.25) is 0 Å². The zero-order valence-corrected chi connectivity index (χ0v) is 10.7. The molecule has 1 unspecified atom stereocenters. The zero-order chi connectivity index (χ0) is 12.8. The molecule has 4 nitrogen and oxygen atoms in total. The van der Waals surface area contributed by atoms with Crippen LogP contribution in [0.25, 0.3) is 0 Å². The lowest BCUT2D eigenvalue weighted by Crippen LogP contribution is -2.37. The van der Waals surface area contributed by atoms with Crippen molar-refractivity contribution in [3.05, 3.63) is 54.1 Å². The monoisotopic (exact) mass is 244 g/mol. The Labute approximate surface area is 108 Å². The Hall–Kier alpha value is -1.65. The average molecular weight is 244 g/mol. The second kappa shape index (κ2) is 6.33. The largest absolute Gasteiger partial charge is 0.338 e. The molecule has 0 aliphatic rings. The van der Waals surface area contributed by atoms with Crippen molar-refractivity contribution in [1.82, 2.24) is 15.0 Å². The summed E-state index contributed by atoms with van der Waals surface area (Å²) in [6, 6.07) is 10.7. The van der Waals surface area contributed by atoms with Gasteiger partial charge in [-0.25, -0.2) is 4.98 Å². The molecule has 2 rings (SSSR count). The minimum atomic E-state index is 0.282. The molecule has 3 N–H and O–H groups in total. The Balaban J connectivity index is 1.88. The van der Waals surface area contributed by atoms with Crippen LogP contribution >= 0.6 is 0 Å². The predicted octanol–water partition coefficient (Wildman–Crippen LogP) is 1.43. The number of benzene rings is 1. The number of nitrogens with one attached hydrogen (secondary N) is 1. The molecule has 1 atom stereocenters. The molecule has 0 aliphatic heterocycles. The van der Waals surface area contributed by atoms with E-state index in [2.05, 4.69) is 39.2 Å². The van der Waals surface area contributed by atoms with Crippen LogP contribution in [0.5, 0.6) is 0 Å². The molecule has 4 heteroatoms. The Morgan fingerprint density at radius 1 is 1.33 bits per heavy atom. The molecule has 0 radical (unpaired) electrons. The maximum atomic E-state index is 5.62. The quantitative estimate of drug-likeness (QED) is 0.597. The van der Waals surface area contributed by atoms with Crippen molar-refractivity contribution in [3.8, 4) is 0 Å². The summed E-state index contributed by atoms with van der Waals surface area (Å²) in [5.41, 5.74) is 4.20. The lowest BCUT2D eigenvalue weighted by atomic mass is 10.0. The first-order valence-corrected chi connectivity index (χ1v) is 6.26. The highest BCUT2D eigenvalue weighted by Crippen LogP contribution is 2.08. The first kappa shape index (κ1) is 12.8. The molecule has 1 heterocycles. The number of hydrogen-bond acceptors (Lipinski definition) is 3. The van der Waals surface area contributed by atoms with E-state index in [1.54, 1.807) is 0 Å². The summed E-state index contributed by atoms with van der Waals surface area (Å²) in [6.07, 6.45) is 6.66. The highest BCUT2D eigenvalue weighted by Gasteiger charge is 2.09. The molecule has 2 aromatic rings. The van der Waals surface area contributed by atoms with Crippen molar-refractivity contribution in [3.63, 3.8) is 0 Å². The molecule has 0 bridgehead atoms. The van der Waals surface area contributed by atoms with Gasteiger partial charge in [-0.15, -0.1) is 0 Å². The number of imidazole rings is 1. The smallest absolute Gasteiger partial charge is 0.108 e. The molecule has 1 aromatic heterocycles. The highest BCUT2D eigenvalue weighted by molar-refractivity contribution is 5.15. The van der Waals surface area contributed by atoms with Crippen LogP contribution in [-0.4, -0.2) is 15.6 Å². The molecule has 0 amide bonds. The topological polar surface area (TPSA) is 55.9 Å². The van der Waals surface area contributed by atoms with Crippen LogP contribution in [0.4, 0.5) is 0 Å². The van der Waals surface area contributed by atoms with Crippen molar-refractivity contribution in [2.75, 3.05) is 0 Å². The van der Waals surface area contributed by atoms with Crippen LogP contribution in [0, 0.1) is 0 Å². The minimum absolute atomic E-state index is 0.282. The summed E-state index contributed by atoms with van der Waals surface area (Å²) in [6.45, 7) is 0. The number of aryl methyl sites for hydroxylation is 2. The summed E-state index contributed by atoms with van der Waals surface area (Å²) in [4.78, 5) is 4.32. The first-order chi connectivity index (χ1) is 8.79. The fourth-order valence-electron chi connectivity index (χ4n) is 2.08. The van der Waals surface area contributed by atoms with E-state index in [4.69, 9.17) is 5.84 Å². The van der Waals surface area contributed by atoms with Gasteiger partial charge in [0.15, 0.2) is 0 Å². The van der Waals surface area contributed by atoms with Crippen LogP contribution in [0.15, 0.2) is 42.7 Å². The van der Waals surface area contributed by atoms with E-state index in [1.807, 2.05) is 25.5 Å². The number of hydrazine groups is 1. The van der Waals surface area contributed by atoms with Crippen molar-refractivity contribution in [2.24, 2.45) is 12.9 Å². The van der Waals surface area contributed by atoms with Gasteiger partial charge in [-0.05, 0) is 18.4 Å². The predicted molar refractivity (Wildman–Crippen MR) is 72.8 cm³/mol. The van der Waals surface area contributed by atoms with Crippen molar-refractivity contribution in [2.45, 2.75) is 25.3 Å². The second-order valence-corrected chi connectivity index (χ2v) is 4.55. The van der Waals surface area contributed by atoms with Crippen LogP contribution in [0.3, 0.4) is 0 Å². The Morgan fingerprint density at radius 2 is 2.11 bits per heavy atom. The van der Waals surface area contributed by atoms with Gasteiger partial charge in [0.1, 0.15) is 5.82 Å². The standard InChI is InChI=1S/C14H20N4/c1-18-10-9-16-14(18)8-7-13(17-15)11-12-5-3-2-4-6-12/h2-6,9-10,13,17H,7-8,11,15H2,1H3. The van der Waals surface area contributed by atoms with Gasteiger partial charge in [-0.1, -0.05) is 30.3 Å². The van der Waals surface area contributed by atoms with Gasteiger partial charge >= 0.3 is 0 Å². The van der Waals surface area contributed by atoms with Crippen LogP contribution in [0.1, 0.15) is 17.8 Å². The van der Waals surface area contributed by atoms with Gasteiger partial charge in [-0.3, -0.25) is 11.3 Å². The third-order valence-electron chi connectivity index (χ3n) is 3.20. The number of nitrogens with zero attached hydrogens (tertiary/aromatic N) is 2. The summed E-state index contributed by atoms with van der Waals surface area (Å²) in [7, 11) is 2.02. The summed E-state index contributed by atoms with van der Waals surface area (Å²) >= 11 is 0. The fourth-order valence-corrected chi connectivity index (χ4v) is 2.08. The van der Waals surface area contributed by atoms with Gasteiger partial charge in [0.05, 0.1) is 0 Å². The second-order valence-electron chi connectivity index (χ2n) is 4.55. The zero-order valence-electron chi connectivity index (χ0n) is 10.7. The third-order valence-corrected chi connectivity index (χ3v) is 3.20. The van der Waals surface area contributed by atoms with Crippen molar-refractivity contribution in [1.29, 1.82) is 0 Å². The lowest BCUT2D eigenvalue weighted by molar-refractivity contribution is 0.483. The maximum Gasteiger partial charge on any atom is 0.108 e. The van der Waals surface area contributed by atoms with Crippen molar-refractivity contribution < 1.29 is 0 Å². The van der Waals surface area contributed by atoms with Gasteiger partial charge in [0, 0.05) is 31.9 Å². The number of nitrogens with two attached hydrogens (primary N) is 1. The molecule has 96 valence electrons. The average Bonchev–Trinajstić information content (AvgIpc) is 2.81. The first-order valence-electron chi connectivity index (χ1n) is 6.26. The van der Waals surface area contributed by atoms with E-state index in [0.717, 1.165) is 25.1 Å². The van der Waals surface area contributed by atoms with E-state index in [-0.39, 0.29) is 6.04 Å². The molecule has 1 aromatic carbocycles. The molecule has 0 saturated heterocycles. The SMILES string of the molecule is Cn1ccnc1CCC(Cc1ccccc1)NN. The molecule has 0 aliphatic carbocycles. The van der Waals surface area contributed by atoms with E-state index >= 15 is 0 Å². The van der Waals surface area contributed by atoms with E-state index < -0.39 is 0 Å². The Morgan fingerprint density at radius 3 is 2.72 bits per heavy atom. The Bertz CT molecular complexity index is 464. The highest BCUT2D eigenvalue weighted by atomic mass is 15.2. The van der Waals surface area contributed by atoms with Crippen LogP contribution < -0.4 is 11.3 Å². The summed E-state index contributed by atoms with van der Waals surface area (Å²) in [5.74, 6) is 6.72. The molecule has 0 fully saturated rings. The number of aromatic nitrogens is 2. The van der Waals surface area contributed by atoms with Gasteiger partial charge in [0.2, 0.25) is 0 Å². The fraction of sp³-hybridized carbons (Fsp3) is 0.357. The number of rotatable bonds is 6. The maximum absolute atomic E-state index is 5.62. The van der Waals surface area contributed by atoms with Gasteiger partial charge in [-0.2, -0.15) is 0 Å². The van der Waals surface area contributed by atoms with Crippen molar-refractivity contribution >= 4 is 0 Å².